The van der Waals surface area contributed by atoms with E-state index in [1.807, 2.05) is 0 Å². The van der Waals surface area contributed by atoms with Crippen LogP contribution in [-0.4, -0.2) is 34.5 Å². The minimum Gasteiger partial charge on any atom is -0.471 e. The molecule has 0 amide bonds. The van der Waals surface area contributed by atoms with Gasteiger partial charge in [0.05, 0.1) is 13.2 Å². The van der Waals surface area contributed by atoms with Crippen LogP contribution in [-0.2, 0) is 13.8 Å². The van der Waals surface area contributed by atoms with E-state index in [0.29, 0.717) is 19.1 Å². The molecule has 0 aromatic rings. The van der Waals surface area contributed by atoms with Gasteiger partial charge in [0.15, 0.2) is 0 Å². The number of thiocarbonyl (C=S) groups is 1. The normalized spacial score (nSPS) is 19.7. The van der Waals surface area contributed by atoms with Crippen LogP contribution in [0.2, 0.25) is 0 Å². The summed E-state index contributed by atoms with van der Waals surface area (Å²) in [6.45, 7) is 4.47. The Balaban J connectivity index is 2.73. The maximum atomic E-state index is 12.2. The molecule has 0 heterocycles. The lowest BCUT2D eigenvalue weighted by Crippen LogP contribution is -2.34. The highest BCUT2D eigenvalue weighted by atomic mass is 32.1. The van der Waals surface area contributed by atoms with Crippen LogP contribution in [0.4, 0.5) is 0 Å². The van der Waals surface area contributed by atoms with E-state index in [2.05, 4.69) is 0 Å². The maximum Gasteiger partial charge on any atom is 0.435 e. The first-order chi connectivity index (χ1) is 9.01. The molecule has 1 N–H and O–H groups in total. The fraction of sp³-hybridized carbons (Fsp3) is 0.917. The monoisotopic (exact) mass is 309 g/mol. The number of rotatable bonds is 6. The number of hydrogen-bond donors (Lipinski definition) is 1. The molecule has 1 rings (SSSR count). The highest BCUT2D eigenvalue weighted by Gasteiger charge is 2.34. The van der Waals surface area contributed by atoms with E-state index in [4.69, 9.17) is 21.5 Å². The summed E-state index contributed by atoms with van der Waals surface area (Å²) < 4.78 is 23.6. The average molecular weight is 309 g/mol. The number of ether oxygens (including phenoxy) is 1. The molecule has 5 nitrogen and oxygen atoms in total. The Kier molecular flexibility index (Phi) is 7.29. The Bertz CT molecular complexity index is 334. The van der Waals surface area contributed by atoms with Gasteiger partial charge in [-0.2, -0.15) is 0 Å². The number of hydrogen-bond acceptors (Lipinski definition) is 4. The molecule has 1 saturated carbocycles. The molecule has 0 aromatic carbocycles. The second kappa shape index (κ2) is 8.20. The third-order valence-corrected chi connectivity index (χ3v) is 5.26. The van der Waals surface area contributed by atoms with Gasteiger partial charge in [-0.15, -0.1) is 0 Å². The van der Waals surface area contributed by atoms with Gasteiger partial charge in [0.1, 0.15) is 0 Å². The predicted octanol–water partition coefficient (Wildman–Crippen LogP) is 3.33. The SMILES string of the molecule is CCOC(=S)N(CC1CCCCC1)P(=O)(O)OCC. The molecule has 0 aromatic heterocycles. The van der Waals surface area contributed by atoms with Crippen molar-refractivity contribution in [3.8, 4) is 0 Å². The van der Waals surface area contributed by atoms with Crippen LogP contribution in [0.1, 0.15) is 46.0 Å². The third kappa shape index (κ3) is 5.38. The van der Waals surface area contributed by atoms with Gasteiger partial charge in [-0.25, -0.2) is 9.24 Å². The zero-order valence-electron chi connectivity index (χ0n) is 11.7. The molecule has 1 atom stereocenters. The average Bonchev–Trinajstić information content (AvgIpc) is 2.37. The minimum absolute atomic E-state index is 0.0624. The van der Waals surface area contributed by atoms with Crippen LogP contribution in [0.5, 0.6) is 0 Å². The van der Waals surface area contributed by atoms with Crippen LogP contribution in [0, 0.1) is 5.92 Å². The van der Waals surface area contributed by atoms with Crippen molar-refractivity contribution < 1.29 is 18.7 Å². The first-order valence-electron chi connectivity index (χ1n) is 6.93. The Morgan fingerprint density at radius 2 is 1.95 bits per heavy atom. The van der Waals surface area contributed by atoms with Crippen LogP contribution < -0.4 is 0 Å². The van der Waals surface area contributed by atoms with Crippen molar-refractivity contribution in [1.82, 2.24) is 4.67 Å². The highest BCUT2D eigenvalue weighted by molar-refractivity contribution is 7.80. The molecule has 0 aliphatic heterocycles. The van der Waals surface area contributed by atoms with E-state index in [0.717, 1.165) is 12.8 Å². The van der Waals surface area contributed by atoms with Crippen molar-refractivity contribution in [2.45, 2.75) is 46.0 Å². The summed E-state index contributed by atoms with van der Waals surface area (Å²) in [4.78, 5) is 9.99. The summed E-state index contributed by atoms with van der Waals surface area (Å²) >= 11 is 5.10. The largest absolute Gasteiger partial charge is 0.471 e. The quantitative estimate of drug-likeness (QED) is 0.600. The van der Waals surface area contributed by atoms with Gasteiger partial charge in [0.2, 0.25) is 0 Å². The van der Waals surface area contributed by atoms with E-state index in [9.17, 15) is 9.46 Å². The molecular formula is C12H24NO4PS. The Hall–Kier alpha value is -0.160. The summed E-state index contributed by atoms with van der Waals surface area (Å²) in [6.07, 6.45) is 5.72. The Labute approximate surface area is 120 Å². The molecule has 1 aliphatic rings. The van der Waals surface area contributed by atoms with Gasteiger partial charge >= 0.3 is 7.75 Å². The van der Waals surface area contributed by atoms with Crippen molar-refractivity contribution in [1.29, 1.82) is 0 Å². The van der Waals surface area contributed by atoms with Gasteiger partial charge < -0.3 is 9.63 Å². The second-order valence-electron chi connectivity index (χ2n) is 4.69. The van der Waals surface area contributed by atoms with Gasteiger partial charge in [0, 0.05) is 6.54 Å². The van der Waals surface area contributed by atoms with Gasteiger partial charge in [0.25, 0.3) is 5.17 Å². The van der Waals surface area contributed by atoms with E-state index in [1.54, 1.807) is 13.8 Å². The van der Waals surface area contributed by atoms with Crippen molar-refractivity contribution in [2.24, 2.45) is 5.92 Å². The van der Waals surface area contributed by atoms with E-state index in [1.165, 1.54) is 23.9 Å². The van der Waals surface area contributed by atoms with Crippen molar-refractivity contribution in [2.75, 3.05) is 19.8 Å². The molecule has 0 radical (unpaired) electrons. The molecule has 0 bridgehead atoms. The summed E-state index contributed by atoms with van der Waals surface area (Å²) in [5, 5.41) is 0.0624. The fourth-order valence-electron chi connectivity index (χ4n) is 2.33. The van der Waals surface area contributed by atoms with Gasteiger partial charge in [-0.05, 0) is 44.8 Å². The van der Waals surface area contributed by atoms with Crippen LogP contribution in [0.25, 0.3) is 0 Å². The summed E-state index contributed by atoms with van der Waals surface area (Å²) in [6, 6.07) is 0. The van der Waals surface area contributed by atoms with Gasteiger partial charge in [-0.3, -0.25) is 4.52 Å². The lowest BCUT2D eigenvalue weighted by molar-refractivity contribution is 0.197. The minimum atomic E-state index is -3.89. The van der Waals surface area contributed by atoms with Crippen molar-refractivity contribution in [3.63, 3.8) is 0 Å². The zero-order valence-corrected chi connectivity index (χ0v) is 13.4. The molecule has 7 heteroatoms. The topological polar surface area (TPSA) is 59.0 Å². The standard InChI is InChI=1S/C12H24NO4PS/c1-3-16-12(19)13(18(14,15)17-4-2)10-11-8-6-5-7-9-11/h11H,3-10H2,1-2H3,(H,14,15). The van der Waals surface area contributed by atoms with E-state index >= 15 is 0 Å². The Morgan fingerprint density at radius 3 is 2.47 bits per heavy atom. The lowest BCUT2D eigenvalue weighted by Gasteiger charge is -2.32. The summed E-state index contributed by atoms with van der Waals surface area (Å²) in [5.74, 6) is 0.382. The molecule has 1 unspecified atom stereocenters. The molecule has 112 valence electrons. The van der Waals surface area contributed by atoms with Gasteiger partial charge in [-0.1, -0.05) is 19.3 Å². The predicted molar refractivity (Wildman–Crippen MR) is 79.0 cm³/mol. The third-order valence-electron chi connectivity index (χ3n) is 3.24. The second-order valence-corrected chi connectivity index (χ2v) is 6.76. The van der Waals surface area contributed by atoms with E-state index < -0.39 is 7.75 Å². The van der Waals surface area contributed by atoms with Crippen LogP contribution in [0.15, 0.2) is 0 Å². The van der Waals surface area contributed by atoms with Crippen molar-refractivity contribution in [3.05, 3.63) is 0 Å². The smallest absolute Gasteiger partial charge is 0.435 e. The maximum absolute atomic E-state index is 12.2. The lowest BCUT2D eigenvalue weighted by atomic mass is 9.89. The first-order valence-corrected chi connectivity index (χ1v) is 8.87. The fourth-order valence-corrected chi connectivity index (χ4v) is 4.01. The Morgan fingerprint density at radius 1 is 1.32 bits per heavy atom. The first kappa shape index (κ1) is 16.9. The van der Waals surface area contributed by atoms with Crippen LogP contribution in [0.3, 0.4) is 0 Å². The number of nitrogens with zero attached hydrogens (tertiary/aromatic N) is 1. The molecular weight excluding hydrogens is 285 g/mol. The van der Waals surface area contributed by atoms with Crippen LogP contribution >= 0.6 is 20.0 Å². The van der Waals surface area contributed by atoms with E-state index in [-0.39, 0.29) is 11.8 Å². The van der Waals surface area contributed by atoms with Crippen molar-refractivity contribution >= 4 is 25.1 Å². The molecule has 1 fully saturated rings. The molecule has 19 heavy (non-hydrogen) atoms. The molecule has 0 spiro atoms. The molecule has 0 saturated heterocycles. The summed E-state index contributed by atoms with van der Waals surface area (Å²) in [5.41, 5.74) is 0. The zero-order chi connectivity index (χ0) is 14.3. The highest BCUT2D eigenvalue weighted by Crippen LogP contribution is 2.47. The summed E-state index contributed by atoms with van der Waals surface area (Å²) in [7, 11) is -3.89. The molecule has 1 aliphatic carbocycles.